The number of fused-ring (bicyclic) bond motifs is 1. The first-order valence-corrected chi connectivity index (χ1v) is 5.91. The van der Waals surface area contributed by atoms with Crippen molar-refractivity contribution in [1.29, 1.82) is 0 Å². The number of hydrogen-bond acceptors (Lipinski definition) is 5. The second kappa shape index (κ2) is 4.12. The zero-order valence-corrected chi connectivity index (χ0v) is 9.82. The fraction of sp³-hybridized carbons (Fsp3) is 0.308. The summed E-state index contributed by atoms with van der Waals surface area (Å²) in [4.78, 5) is 6.29. The van der Waals surface area contributed by atoms with E-state index in [0.717, 1.165) is 16.6 Å². The number of aliphatic hydroxyl groups excluding tert-OH is 2. The number of anilines is 2. The Morgan fingerprint density at radius 2 is 1.89 bits per heavy atom. The quantitative estimate of drug-likeness (QED) is 0.632. The van der Waals surface area contributed by atoms with Gasteiger partial charge in [-0.1, -0.05) is 0 Å². The van der Waals surface area contributed by atoms with Gasteiger partial charge in [0, 0.05) is 30.4 Å². The van der Waals surface area contributed by atoms with Crippen LogP contribution < -0.4 is 10.6 Å². The average Bonchev–Trinajstić information content (AvgIpc) is 2.70. The number of aliphatic hydroxyl groups is 2. The summed E-state index contributed by atoms with van der Waals surface area (Å²) in [7, 11) is 0. The Bertz CT molecular complexity index is 577. The van der Waals surface area contributed by atoms with E-state index >= 15 is 0 Å². The van der Waals surface area contributed by atoms with Gasteiger partial charge in [-0.25, -0.2) is 0 Å². The minimum absolute atomic E-state index is 0.413. The molecule has 1 fully saturated rings. The molecule has 0 amide bonds. The van der Waals surface area contributed by atoms with E-state index in [4.69, 9.17) is 5.73 Å². The van der Waals surface area contributed by atoms with Gasteiger partial charge in [0.1, 0.15) is 0 Å². The molecule has 3 rings (SSSR count). The van der Waals surface area contributed by atoms with Crippen LogP contribution in [0.4, 0.5) is 11.4 Å². The van der Waals surface area contributed by atoms with Gasteiger partial charge in [0.15, 0.2) is 0 Å². The number of nitrogen functional groups attached to an aromatic ring is 1. The summed E-state index contributed by atoms with van der Waals surface area (Å²) < 4.78 is 0. The van der Waals surface area contributed by atoms with Crippen LogP contribution in [0, 0.1) is 0 Å². The number of hydrogen-bond donors (Lipinski definition) is 3. The van der Waals surface area contributed by atoms with Crippen molar-refractivity contribution in [3.63, 3.8) is 0 Å². The van der Waals surface area contributed by atoms with Crippen LogP contribution in [-0.2, 0) is 0 Å². The van der Waals surface area contributed by atoms with Crippen molar-refractivity contribution < 1.29 is 10.2 Å². The Balaban J connectivity index is 2.10. The number of rotatable bonds is 1. The molecule has 5 nitrogen and oxygen atoms in total. The molecule has 0 radical (unpaired) electrons. The van der Waals surface area contributed by atoms with Gasteiger partial charge < -0.3 is 20.8 Å². The van der Waals surface area contributed by atoms with E-state index in [1.807, 2.05) is 29.2 Å². The van der Waals surface area contributed by atoms with Gasteiger partial charge in [-0.05, 0) is 24.3 Å². The van der Waals surface area contributed by atoms with E-state index in [-0.39, 0.29) is 0 Å². The number of β-amino-alcohol motifs (C(OH)–C–C–N with tert-alkyl or cyclic N) is 2. The van der Waals surface area contributed by atoms with Gasteiger partial charge in [-0.3, -0.25) is 4.98 Å². The van der Waals surface area contributed by atoms with Gasteiger partial charge in [0.05, 0.1) is 23.4 Å². The van der Waals surface area contributed by atoms with E-state index in [9.17, 15) is 10.2 Å². The third kappa shape index (κ3) is 1.68. The molecule has 94 valence electrons. The van der Waals surface area contributed by atoms with E-state index in [0.29, 0.717) is 18.8 Å². The fourth-order valence-corrected chi connectivity index (χ4v) is 2.40. The van der Waals surface area contributed by atoms with Crippen molar-refractivity contribution >= 4 is 22.3 Å². The number of aromatic nitrogens is 1. The van der Waals surface area contributed by atoms with Gasteiger partial charge in [0.2, 0.25) is 0 Å². The third-order valence-electron chi connectivity index (χ3n) is 3.38. The molecular weight excluding hydrogens is 230 g/mol. The van der Waals surface area contributed by atoms with Crippen molar-refractivity contribution in [2.75, 3.05) is 23.7 Å². The number of benzene rings is 1. The summed E-state index contributed by atoms with van der Waals surface area (Å²) >= 11 is 0. The highest BCUT2D eigenvalue weighted by molar-refractivity contribution is 5.98. The Hall–Kier alpha value is -1.85. The number of nitrogens with zero attached hydrogens (tertiary/aromatic N) is 2. The lowest BCUT2D eigenvalue weighted by atomic mass is 10.1. The molecule has 2 atom stereocenters. The largest absolute Gasteiger partial charge is 0.398 e. The predicted octanol–water partition coefficient (Wildman–Crippen LogP) is 0.359. The maximum absolute atomic E-state index is 9.62. The van der Waals surface area contributed by atoms with Crippen molar-refractivity contribution in [3.05, 3.63) is 30.5 Å². The lowest BCUT2D eigenvalue weighted by Crippen LogP contribution is -2.22. The standard InChI is InChI=1S/C13H15N3O2/c14-9-3-4-10(13-8(9)2-1-5-15-13)16-6-11(17)12(18)7-16/h1-5,11-12,17-18H,6-7,14H2. The first-order chi connectivity index (χ1) is 8.66. The normalized spacial score (nSPS) is 23.8. The second-order valence-corrected chi connectivity index (χ2v) is 4.61. The van der Waals surface area contributed by atoms with Crippen LogP contribution in [0.5, 0.6) is 0 Å². The minimum atomic E-state index is -0.707. The molecule has 1 aromatic heterocycles. The molecular formula is C13H15N3O2. The van der Waals surface area contributed by atoms with E-state index in [1.165, 1.54) is 0 Å². The molecule has 2 unspecified atom stereocenters. The highest BCUT2D eigenvalue weighted by atomic mass is 16.3. The Morgan fingerprint density at radius 1 is 1.17 bits per heavy atom. The second-order valence-electron chi connectivity index (χ2n) is 4.61. The van der Waals surface area contributed by atoms with Crippen molar-refractivity contribution in [1.82, 2.24) is 4.98 Å². The van der Waals surface area contributed by atoms with Gasteiger partial charge in [-0.15, -0.1) is 0 Å². The van der Waals surface area contributed by atoms with Crippen LogP contribution in [-0.4, -0.2) is 40.5 Å². The van der Waals surface area contributed by atoms with E-state index in [1.54, 1.807) is 6.20 Å². The van der Waals surface area contributed by atoms with E-state index < -0.39 is 12.2 Å². The van der Waals surface area contributed by atoms with Crippen LogP contribution in [0.2, 0.25) is 0 Å². The molecule has 2 heterocycles. The SMILES string of the molecule is Nc1ccc(N2CC(O)C(O)C2)c2ncccc12. The van der Waals surface area contributed by atoms with Crippen molar-refractivity contribution in [2.24, 2.45) is 0 Å². The zero-order chi connectivity index (χ0) is 12.7. The molecule has 0 spiro atoms. The highest BCUT2D eigenvalue weighted by Gasteiger charge is 2.30. The summed E-state index contributed by atoms with van der Waals surface area (Å²) in [5, 5.41) is 20.1. The van der Waals surface area contributed by atoms with Crippen LogP contribution in [0.3, 0.4) is 0 Å². The average molecular weight is 245 g/mol. The highest BCUT2D eigenvalue weighted by Crippen LogP contribution is 2.31. The molecule has 1 saturated heterocycles. The van der Waals surface area contributed by atoms with Crippen LogP contribution >= 0.6 is 0 Å². The predicted molar refractivity (Wildman–Crippen MR) is 70.4 cm³/mol. The smallest absolute Gasteiger partial charge is 0.0990 e. The molecule has 0 saturated carbocycles. The van der Waals surface area contributed by atoms with Crippen molar-refractivity contribution in [3.8, 4) is 0 Å². The molecule has 2 aromatic rings. The first kappa shape index (κ1) is 11.3. The summed E-state index contributed by atoms with van der Waals surface area (Å²) in [6.07, 6.45) is 0.302. The summed E-state index contributed by atoms with van der Waals surface area (Å²) in [6.45, 7) is 0.827. The number of pyridine rings is 1. The maximum Gasteiger partial charge on any atom is 0.0990 e. The molecule has 1 aliphatic heterocycles. The van der Waals surface area contributed by atoms with Crippen molar-refractivity contribution in [2.45, 2.75) is 12.2 Å². The van der Waals surface area contributed by atoms with E-state index in [2.05, 4.69) is 4.98 Å². The van der Waals surface area contributed by atoms with Gasteiger partial charge in [0.25, 0.3) is 0 Å². The third-order valence-corrected chi connectivity index (χ3v) is 3.38. The molecule has 4 N–H and O–H groups in total. The first-order valence-electron chi connectivity index (χ1n) is 5.91. The lowest BCUT2D eigenvalue weighted by molar-refractivity contribution is 0.0572. The summed E-state index contributed by atoms with van der Waals surface area (Å²) in [5.41, 5.74) is 8.31. The summed E-state index contributed by atoms with van der Waals surface area (Å²) in [5.74, 6) is 0. The summed E-state index contributed by atoms with van der Waals surface area (Å²) in [6, 6.07) is 7.48. The van der Waals surface area contributed by atoms with Crippen LogP contribution in [0.15, 0.2) is 30.5 Å². The molecule has 0 bridgehead atoms. The Kier molecular flexibility index (Phi) is 2.57. The number of nitrogens with two attached hydrogens (primary N) is 1. The maximum atomic E-state index is 9.62. The topological polar surface area (TPSA) is 82.6 Å². The molecule has 1 aromatic carbocycles. The van der Waals surface area contributed by atoms with Gasteiger partial charge in [-0.2, -0.15) is 0 Å². The minimum Gasteiger partial charge on any atom is -0.398 e. The Labute approximate surface area is 104 Å². The zero-order valence-electron chi connectivity index (χ0n) is 9.82. The monoisotopic (exact) mass is 245 g/mol. The molecule has 0 aliphatic carbocycles. The molecule has 1 aliphatic rings. The van der Waals surface area contributed by atoms with Gasteiger partial charge >= 0.3 is 0 Å². The molecule has 5 heteroatoms. The fourth-order valence-electron chi connectivity index (χ4n) is 2.40. The van der Waals surface area contributed by atoms with Crippen LogP contribution in [0.1, 0.15) is 0 Å². The molecule has 18 heavy (non-hydrogen) atoms. The van der Waals surface area contributed by atoms with Crippen LogP contribution in [0.25, 0.3) is 10.9 Å². The Morgan fingerprint density at radius 3 is 2.61 bits per heavy atom. The lowest BCUT2D eigenvalue weighted by Gasteiger charge is -2.19.